The molecule has 3 nitrogen and oxygen atoms in total. The lowest BCUT2D eigenvalue weighted by molar-refractivity contribution is 0.863. The zero-order valence-electron chi connectivity index (χ0n) is 19.5. The number of nitrogens with zero attached hydrogens (tertiary/aromatic N) is 3. The molecule has 0 aliphatic heterocycles. The van der Waals surface area contributed by atoms with Crippen molar-refractivity contribution in [2.24, 2.45) is 0 Å². The van der Waals surface area contributed by atoms with Crippen LogP contribution in [-0.2, 0) is 0 Å². The minimum absolute atomic E-state index is 0.0529. The van der Waals surface area contributed by atoms with E-state index in [0.29, 0.717) is 11.6 Å². The van der Waals surface area contributed by atoms with E-state index in [-0.39, 0.29) is 5.92 Å². The van der Waals surface area contributed by atoms with Gasteiger partial charge in [0.2, 0.25) is 0 Å². The summed E-state index contributed by atoms with van der Waals surface area (Å²) in [6, 6.07) is 20.5. The van der Waals surface area contributed by atoms with Crippen LogP contribution in [0.4, 0.5) is 0 Å². The number of aromatic nitrogens is 3. The largest absolute Gasteiger partial charge is 0.212 e. The van der Waals surface area contributed by atoms with Crippen LogP contribution in [0.3, 0.4) is 0 Å². The summed E-state index contributed by atoms with van der Waals surface area (Å²) >= 11 is 0. The molecule has 4 rings (SSSR count). The Morgan fingerprint density at radius 2 is 1.68 bits per heavy atom. The van der Waals surface area contributed by atoms with Crippen molar-refractivity contribution in [2.75, 3.05) is 0 Å². The number of hydrogen-bond donors (Lipinski definition) is 0. The number of rotatable bonds is 7. The Balaban J connectivity index is 1.79. The van der Waals surface area contributed by atoms with Crippen molar-refractivity contribution >= 4 is 11.1 Å². The van der Waals surface area contributed by atoms with Gasteiger partial charge in [-0.3, -0.25) is 0 Å². The van der Waals surface area contributed by atoms with Gasteiger partial charge < -0.3 is 0 Å². The van der Waals surface area contributed by atoms with Crippen LogP contribution >= 0.6 is 0 Å². The second-order valence-electron chi connectivity index (χ2n) is 7.96. The smallest absolute Gasteiger partial charge is 0.163 e. The molecule has 0 amide bonds. The normalized spacial score (nSPS) is 18.7. The molecule has 0 radical (unpaired) electrons. The van der Waals surface area contributed by atoms with Gasteiger partial charge in [-0.2, -0.15) is 0 Å². The highest BCUT2D eigenvalue weighted by Crippen LogP contribution is 2.26. The summed E-state index contributed by atoms with van der Waals surface area (Å²) < 4.78 is 0. The van der Waals surface area contributed by atoms with E-state index in [1.807, 2.05) is 61.5 Å². The van der Waals surface area contributed by atoms with E-state index < -0.39 is 0 Å². The minimum atomic E-state index is -0.0529. The van der Waals surface area contributed by atoms with E-state index in [0.717, 1.165) is 29.8 Å². The molecule has 2 aromatic carbocycles. The molecule has 0 saturated carbocycles. The third-order valence-corrected chi connectivity index (χ3v) is 5.50. The first kappa shape index (κ1) is 23.1. The highest BCUT2D eigenvalue weighted by atomic mass is 15.0. The molecule has 3 heteroatoms. The molecule has 0 saturated heterocycles. The third kappa shape index (κ3) is 5.81. The molecule has 1 atom stereocenters. The summed E-state index contributed by atoms with van der Waals surface area (Å²) in [5.41, 5.74) is 4.34. The summed E-state index contributed by atoms with van der Waals surface area (Å²) in [4.78, 5) is 14.7. The van der Waals surface area contributed by atoms with Crippen LogP contribution in [0.15, 0.2) is 122 Å². The van der Waals surface area contributed by atoms with Gasteiger partial charge in [-0.05, 0) is 30.9 Å². The standard InChI is InChI=1S/C31H29N3/c1-3-5-15-26(14-4-2)29-32-30(27-19-10-7-11-20-27)34-31(33-29)28-21-13-12-18-25(22-23-28)24-16-8-6-9-17-24/h3-4,6-11,13-23,28H,1,5,12H2,2H3/b14-4-,21-13-,23-22?,25-18+,26-15+. The van der Waals surface area contributed by atoms with Crippen LogP contribution in [0.5, 0.6) is 0 Å². The van der Waals surface area contributed by atoms with Crippen molar-refractivity contribution in [3.8, 4) is 11.4 Å². The van der Waals surface area contributed by atoms with E-state index in [4.69, 9.17) is 15.0 Å². The van der Waals surface area contributed by atoms with Gasteiger partial charge in [0.05, 0.1) is 5.92 Å². The van der Waals surface area contributed by atoms with Crippen molar-refractivity contribution in [1.82, 2.24) is 15.0 Å². The fraction of sp³-hybridized carbons (Fsp3) is 0.129. The first-order chi connectivity index (χ1) is 16.8. The first-order valence-corrected chi connectivity index (χ1v) is 11.6. The number of benzene rings is 2. The summed E-state index contributed by atoms with van der Waals surface area (Å²) in [7, 11) is 0. The minimum Gasteiger partial charge on any atom is -0.212 e. The van der Waals surface area contributed by atoms with Gasteiger partial charge in [0.15, 0.2) is 11.6 Å². The zero-order valence-corrected chi connectivity index (χ0v) is 19.5. The monoisotopic (exact) mass is 443 g/mol. The Morgan fingerprint density at radius 1 is 0.941 bits per heavy atom. The molecule has 0 spiro atoms. The predicted octanol–water partition coefficient (Wildman–Crippen LogP) is 7.76. The van der Waals surface area contributed by atoms with Gasteiger partial charge in [0.1, 0.15) is 5.82 Å². The second-order valence-corrected chi connectivity index (χ2v) is 7.96. The molecule has 1 aliphatic carbocycles. The van der Waals surface area contributed by atoms with Gasteiger partial charge in [0.25, 0.3) is 0 Å². The first-order valence-electron chi connectivity index (χ1n) is 11.6. The molecule has 3 aromatic rings. The van der Waals surface area contributed by atoms with Crippen molar-refractivity contribution in [3.05, 3.63) is 139 Å². The van der Waals surface area contributed by atoms with Crippen LogP contribution in [0.25, 0.3) is 22.5 Å². The van der Waals surface area contributed by atoms with Crippen LogP contribution < -0.4 is 0 Å². The fourth-order valence-corrected chi connectivity index (χ4v) is 3.79. The third-order valence-electron chi connectivity index (χ3n) is 5.50. The molecule has 0 bridgehead atoms. The lowest BCUT2D eigenvalue weighted by atomic mass is 9.98. The Labute approximate surface area is 202 Å². The van der Waals surface area contributed by atoms with E-state index in [1.165, 1.54) is 11.1 Å². The van der Waals surface area contributed by atoms with E-state index in [2.05, 4.69) is 67.3 Å². The maximum Gasteiger partial charge on any atom is 0.163 e. The van der Waals surface area contributed by atoms with E-state index in [9.17, 15) is 0 Å². The summed E-state index contributed by atoms with van der Waals surface area (Å²) in [5, 5.41) is 0. The topological polar surface area (TPSA) is 38.7 Å². The van der Waals surface area contributed by atoms with Crippen LogP contribution in [0.2, 0.25) is 0 Å². The van der Waals surface area contributed by atoms with Crippen molar-refractivity contribution < 1.29 is 0 Å². The summed E-state index contributed by atoms with van der Waals surface area (Å²) in [6.45, 7) is 5.85. The molecule has 34 heavy (non-hydrogen) atoms. The molecule has 1 aliphatic rings. The number of allylic oxidation sites excluding steroid dienone is 11. The van der Waals surface area contributed by atoms with Crippen molar-refractivity contribution in [2.45, 2.75) is 25.7 Å². The highest BCUT2D eigenvalue weighted by molar-refractivity contribution is 5.74. The quantitative estimate of drug-likeness (QED) is 0.277. The van der Waals surface area contributed by atoms with Gasteiger partial charge in [-0.25, -0.2) is 15.0 Å². The fourth-order valence-electron chi connectivity index (χ4n) is 3.79. The van der Waals surface area contributed by atoms with Gasteiger partial charge in [0, 0.05) is 11.1 Å². The molecular weight excluding hydrogens is 414 g/mol. The Morgan fingerprint density at radius 3 is 2.38 bits per heavy atom. The Hall–Kier alpha value is -4.11. The molecule has 1 heterocycles. The van der Waals surface area contributed by atoms with Gasteiger partial charge in [-0.15, -0.1) is 6.58 Å². The Bertz CT molecular complexity index is 1260. The average molecular weight is 444 g/mol. The summed E-state index contributed by atoms with van der Waals surface area (Å²) in [5.74, 6) is 2.03. The van der Waals surface area contributed by atoms with Gasteiger partial charge >= 0.3 is 0 Å². The molecule has 168 valence electrons. The second kappa shape index (κ2) is 11.7. The van der Waals surface area contributed by atoms with Crippen molar-refractivity contribution in [3.63, 3.8) is 0 Å². The van der Waals surface area contributed by atoms with Crippen LogP contribution in [0, 0.1) is 0 Å². The van der Waals surface area contributed by atoms with Crippen LogP contribution in [-0.4, -0.2) is 15.0 Å². The van der Waals surface area contributed by atoms with E-state index >= 15 is 0 Å². The predicted molar refractivity (Wildman–Crippen MR) is 143 cm³/mol. The highest BCUT2D eigenvalue weighted by Gasteiger charge is 2.16. The molecule has 1 unspecified atom stereocenters. The molecule has 0 N–H and O–H groups in total. The molecular formula is C31H29N3. The molecule has 1 aromatic heterocycles. The van der Waals surface area contributed by atoms with Gasteiger partial charge in [-0.1, -0.05) is 115 Å². The van der Waals surface area contributed by atoms with Crippen molar-refractivity contribution in [1.29, 1.82) is 0 Å². The molecule has 0 fully saturated rings. The lowest BCUT2D eigenvalue weighted by Gasteiger charge is -2.13. The Kier molecular flexibility index (Phi) is 7.91. The lowest BCUT2D eigenvalue weighted by Crippen LogP contribution is -2.08. The summed E-state index contributed by atoms with van der Waals surface area (Å²) in [6.07, 6.45) is 20.6. The number of hydrogen-bond acceptors (Lipinski definition) is 3. The van der Waals surface area contributed by atoms with Crippen LogP contribution in [0.1, 0.15) is 42.9 Å². The SMILES string of the molecule is C=CC/C=C(\C=C/C)c1nc(-c2ccccc2)nc(C2C=C/C(c3ccccc3)=C\C/C=C\2)n1. The average Bonchev–Trinajstić information content (AvgIpc) is 2.87. The maximum absolute atomic E-state index is 4.93. The van der Waals surface area contributed by atoms with E-state index in [1.54, 1.807) is 0 Å². The zero-order chi connectivity index (χ0) is 23.6. The maximum atomic E-state index is 4.93.